The summed E-state index contributed by atoms with van der Waals surface area (Å²) < 4.78 is 0. The Morgan fingerprint density at radius 3 is 2.39 bits per heavy atom. The average Bonchev–Trinajstić information content (AvgIpc) is 2.38. The van der Waals surface area contributed by atoms with Crippen LogP contribution in [0.1, 0.15) is 15.9 Å². The molecule has 2 rings (SSSR count). The minimum atomic E-state index is -0.0411. The van der Waals surface area contributed by atoms with E-state index in [4.69, 9.17) is 5.73 Å². The first kappa shape index (κ1) is 12.2. The minimum absolute atomic E-state index is 0.0411. The number of nitrogens with two attached hydrogens (primary N) is 1. The van der Waals surface area contributed by atoms with E-state index in [1.54, 1.807) is 36.2 Å². The van der Waals surface area contributed by atoms with Gasteiger partial charge in [-0.25, -0.2) is 0 Å². The quantitative estimate of drug-likeness (QED) is 0.820. The molecule has 0 unspecified atom stereocenters. The number of nitrogen functional groups attached to an aromatic ring is 1. The van der Waals surface area contributed by atoms with Crippen molar-refractivity contribution < 1.29 is 4.79 Å². The van der Waals surface area contributed by atoms with Crippen molar-refractivity contribution in [2.24, 2.45) is 0 Å². The summed E-state index contributed by atoms with van der Waals surface area (Å²) in [4.78, 5) is 13.9. The second-order valence-electron chi connectivity index (χ2n) is 4.33. The van der Waals surface area contributed by atoms with Crippen molar-refractivity contribution in [2.75, 3.05) is 17.7 Å². The zero-order valence-corrected chi connectivity index (χ0v) is 10.6. The highest BCUT2D eigenvalue weighted by Gasteiger charge is 2.12. The van der Waals surface area contributed by atoms with Gasteiger partial charge in [-0.15, -0.1) is 0 Å². The lowest BCUT2D eigenvalue weighted by molar-refractivity contribution is 0.0993. The molecule has 92 valence electrons. The highest BCUT2D eigenvalue weighted by atomic mass is 16.2. The third kappa shape index (κ3) is 2.51. The van der Waals surface area contributed by atoms with Crippen LogP contribution >= 0.6 is 0 Å². The van der Waals surface area contributed by atoms with Gasteiger partial charge in [-0.05, 0) is 48.9 Å². The van der Waals surface area contributed by atoms with Crippen LogP contribution in [0, 0.1) is 6.92 Å². The molecule has 0 aliphatic heterocycles. The molecule has 0 saturated carbocycles. The number of hydrogen-bond donors (Lipinski definition) is 1. The topological polar surface area (TPSA) is 46.3 Å². The molecule has 0 heterocycles. The average molecular weight is 240 g/mol. The number of rotatable bonds is 2. The van der Waals surface area contributed by atoms with Crippen LogP contribution in [-0.2, 0) is 0 Å². The molecule has 2 aromatic rings. The van der Waals surface area contributed by atoms with Gasteiger partial charge in [0.05, 0.1) is 0 Å². The summed E-state index contributed by atoms with van der Waals surface area (Å²) in [5, 5.41) is 0. The molecule has 0 aromatic heterocycles. The molecule has 18 heavy (non-hydrogen) atoms. The van der Waals surface area contributed by atoms with E-state index >= 15 is 0 Å². The Bertz CT molecular complexity index is 561. The Balaban J connectivity index is 2.26. The number of benzene rings is 2. The highest BCUT2D eigenvalue weighted by Crippen LogP contribution is 2.17. The van der Waals surface area contributed by atoms with Gasteiger partial charge in [0.2, 0.25) is 0 Å². The van der Waals surface area contributed by atoms with Crippen molar-refractivity contribution in [3.05, 3.63) is 59.7 Å². The molecule has 1 amide bonds. The maximum Gasteiger partial charge on any atom is 0.258 e. The summed E-state index contributed by atoms with van der Waals surface area (Å²) >= 11 is 0. The molecule has 0 spiro atoms. The van der Waals surface area contributed by atoms with Crippen molar-refractivity contribution in [3.63, 3.8) is 0 Å². The normalized spacial score (nSPS) is 10.1. The maximum atomic E-state index is 12.3. The zero-order chi connectivity index (χ0) is 13.1. The maximum absolute atomic E-state index is 12.3. The summed E-state index contributed by atoms with van der Waals surface area (Å²) in [5.74, 6) is -0.0411. The standard InChI is InChI=1S/C15H16N2O/c1-11-4-3-5-14(10-11)17(2)15(18)12-6-8-13(16)9-7-12/h3-10H,16H2,1-2H3. The first-order valence-electron chi connectivity index (χ1n) is 5.78. The van der Waals surface area contributed by atoms with E-state index in [9.17, 15) is 4.79 Å². The molecule has 0 saturated heterocycles. The zero-order valence-electron chi connectivity index (χ0n) is 10.6. The molecule has 0 aliphatic carbocycles. The summed E-state index contributed by atoms with van der Waals surface area (Å²) in [5.41, 5.74) is 8.91. The van der Waals surface area contributed by atoms with Gasteiger partial charge in [0, 0.05) is 24.0 Å². The molecule has 3 nitrogen and oxygen atoms in total. The second kappa shape index (κ2) is 4.92. The number of hydrogen-bond acceptors (Lipinski definition) is 2. The van der Waals surface area contributed by atoms with Crippen LogP contribution in [0.25, 0.3) is 0 Å². The van der Waals surface area contributed by atoms with Crippen LogP contribution in [0.4, 0.5) is 11.4 Å². The minimum Gasteiger partial charge on any atom is -0.399 e. The predicted molar refractivity (Wildman–Crippen MR) is 74.8 cm³/mol. The Kier molecular flexibility index (Phi) is 3.33. The molecule has 3 heteroatoms. The Labute approximate surface area is 107 Å². The van der Waals surface area contributed by atoms with Gasteiger partial charge in [-0.1, -0.05) is 12.1 Å². The molecule has 0 bridgehead atoms. The van der Waals surface area contributed by atoms with E-state index in [-0.39, 0.29) is 5.91 Å². The fourth-order valence-electron chi connectivity index (χ4n) is 1.77. The van der Waals surface area contributed by atoms with Gasteiger partial charge in [0.25, 0.3) is 5.91 Å². The van der Waals surface area contributed by atoms with Gasteiger partial charge in [0.1, 0.15) is 0 Å². The number of aryl methyl sites for hydroxylation is 1. The number of carbonyl (C=O) groups excluding carboxylic acids is 1. The predicted octanol–water partition coefficient (Wildman–Crippen LogP) is 2.85. The van der Waals surface area contributed by atoms with E-state index < -0.39 is 0 Å². The van der Waals surface area contributed by atoms with Crippen LogP contribution < -0.4 is 10.6 Å². The lowest BCUT2D eigenvalue weighted by atomic mass is 10.1. The van der Waals surface area contributed by atoms with E-state index in [2.05, 4.69) is 0 Å². The first-order valence-corrected chi connectivity index (χ1v) is 5.78. The smallest absolute Gasteiger partial charge is 0.258 e. The van der Waals surface area contributed by atoms with Crippen molar-refractivity contribution >= 4 is 17.3 Å². The molecule has 0 fully saturated rings. The Hall–Kier alpha value is -2.29. The van der Waals surface area contributed by atoms with Crippen LogP contribution in [0.3, 0.4) is 0 Å². The van der Waals surface area contributed by atoms with Crippen LogP contribution in [0.5, 0.6) is 0 Å². The van der Waals surface area contributed by atoms with Crippen LogP contribution in [0.2, 0.25) is 0 Å². The SMILES string of the molecule is Cc1cccc(N(C)C(=O)c2ccc(N)cc2)c1. The summed E-state index contributed by atoms with van der Waals surface area (Å²) in [6.45, 7) is 2.00. The lowest BCUT2D eigenvalue weighted by Crippen LogP contribution is -2.26. The Morgan fingerprint density at radius 1 is 1.11 bits per heavy atom. The second-order valence-corrected chi connectivity index (χ2v) is 4.33. The molecule has 2 aromatic carbocycles. The van der Waals surface area contributed by atoms with E-state index in [0.29, 0.717) is 11.3 Å². The van der Waals surface area contributed by atoms with E-state index in [1.807, 2.05) is 31.2 Å². The van der Waals surface area contributed by atoms with Crippen molar-refractivity contribution in [3.8, 4) is 0 Å². The summed E-state index contributed by atoms with van der Waals surface area (Å²) in [6.07, 6.45) is 0. The van der Waals surface area contributed by atoms with E-state index in [1.165, 1.54) is 0 Å². The summed E-state index contributed by atoms with van der Waals surface area (Å²) in [6, 6.07) is 14.8. The fourth-order valence-corrected chi connectivity index (χ4v) is 1.77. The van der Waals surface area contributed by atoms with Gasteiger partial charge in [-0.2, -0.15) is 0 Å². The van der Waals surface area contributed by atoms with Crippen molar-refractivity contribution in [1.82, 2.24) is 0 Å². The van der Waals surface area contributed by atoms with Gasteiger partial charge >= 0.3 is 0 Å². The fraction of sp³-hybridized carbons (Fsp3) is 0.133. The van der Waals surface area contributed by atoms with Crippen LogP contribution in [0.15, 0.2) is 48.5 Å². The number of amides is 1. The molecule has 0 atom stereocenters. The molecule has 0 aliphatic rings. The summed E-state index contributed by atoms with van der Waals surface area (Å²) in [7, 11) is 1.77. The van der Waals surface area contributed by atoms with Gasteiger partial charge < -0.3 is 10.6 Å². The molecule has 2 N–H and O–H groups in total. The van der Waals surface area contributed by atoms with Crippen LogP contribution in [-0.4, -0.2) is 13.0 Å². The van der Waals surface area contributed by atoms with Gasteiger partial charge in [0.15, 0.2) is 0 Å². The number of carbonyl (C=O) groups is 1. The van der Waals surface area contributed by atoms with Crippen molar-refractivity contribution in [2.45, 2.75) is 6.92 Å². The number of anilines is 2. The molecular weight excluding hydrogens is 224 g/mol. The third-order valence-electron chi connectivity index (χ3n) is 2.85. The van der Waals surface area contributed by atoms with Gasteiger partial charge in [-0.3, -0.25) is 4.79 Å². The Morgan fingerprint density at radius 2 is 1.78 bits per heavy atom. The molecular formula is C15H16N2O. The largest absolute Gasteiger partial charge is 0.399 e. The third-order valence-corrected chi connectivity index (χ3v) is 2.85. The number of nitrogens with zero attached hydrogens (tertiary/aromatic N) is 1. The lowest BCUT2D eigenvalue weighted by Gasteiger charge is -2.18. The monoisotopic (exact) mass is 240 g/mol. The highest BCUT2D eigenvalue weighted by molar-refractivity contribution is 6.05. The molecule has 0 radical (unpaired) electrons. The van der Waals surface area contributed by atoms with E-state index in [0.717, 1.165) is 11.3 Å². The first-order chi connectivity index (χ1) is 8.58. The van der Waals surface area contributed by atoms with Crippen molar-refractivity contribution in [1.29, 1.82) is 0 Å².